The molecule has 0 unspecified atom stereocenters. The molecule has 0 aliphatic rings. The molecule has 0 aliphatic carbocycles. The van der Waals surface area contributed by atoms with E-state index in [-0.39, 0.29) is 0 Å². The van der Waals surface area contributed by atoms with E-state index in [1.807, 2.05) is 12.1 Å². The molecule has 0 atom stereocenters. The SMILES string of the molecule is c1ccc2cc(-c3nc(-c4ccc(-n5c6ccccc6c6cc7ccccc7cc65)c(-c5ccc6c(c5)oc5ccccc56)c4)nc(-c4ccc5ccccc5c4)n3)ccc2c1. The molecule has 288 valence electrons. The first kappa shape index (κ1) is 34.5. The molecular weight excluding hydrogens is 757 g/mol. The number of nitrogens with zero attached hydrogens (tertiary/aromatic N) is 4. The molecule has 5 nitrogen and oxygen atoms in total. The summed E-state index contributed by atoms with van der Waals surface area (Å²) in [7, 11) is 0. The zero-order valence-electron chi connectivity index (χ0n) is 33.3. The van der Waals surface area contributed by atoms with Gasteiger partial charge in [-0.25, -0.2) is 15.0 Å². The van der Waals surface area contributed by atoms with Crippen molar-refractivity contribution in [2.75, 3.05) is 0 Å². The van der Waals surface area contributed by atoms with E-state index in [1.54, 1.807) is 0 Å². The Labute approximate surface area is 355 Å². The van der Waals surface area contributed by atoms with Gasteiger partial charge in [0.05, 0.1) is 16.7 Å². The number of para-hydroxylation sites is 2. The summed E-state index contributed by atoms with van der Waals surface area (Å²) in [5.41, 5.74) is 9.82. The van der Waals surface area contributed by atoms with Gasteiger partial charge in [-0.15, -0.1) is 0 Å². The van der Waals surface area contributed by atoms with Crippen LogP contribution in [0.4, 0.5) is 0 Å². The van der Waals surface area contributed by atoms with Gasteiger partial charge in [-0.1, -0.05) is 140 Å². The van der Waals surface area contributed by atoms with Gasteiger partial charge in [0.25, 0.3) is 0 Å². The predicted molar refractivity (Wildman–Crippen MR) is 256 cm³/mol. The predicted octanol–water partition coefficient (Wildman–Crippen LogP) is 15.0. The van der Waals surface area contributed by atoms with E-state index in [0.717, 1.165) is 77.2 Å². The molecular formula is C57H34N4O. The third-order valence-electron chi connectivity index (χ3n) is 12.4. The third-order valence-corrected chi connectivity index (χ3v) is 12.4. The summed E-state index contributed by atoms with van der Waals surface area (Å²) in [5, 5.41) is 11.6. The van der Waals surface area contributed by atoms with Crippen LogP contribution >= 0.6 is 0 Å². The van der Waals surface area contributed by atoms with E-state index in [1.165, 1.54) is 32.3 Å². The van der Waals surface area contributed by atoms with Crippen LogP contribution in [0.2, 0.25) is 0 Å². The highest BCUT2D eigenvalue weighted by Crippen LogP contribution is 2.41. The zero-order chi connectivity index (χ0) is 40.7. The maximum atomic E-state index is 6.50. The summed E-state index contributed by atoms with van der Waals surface area (Å²) in [6, 6.07) is 73.0. The van der Waals surface area contributed by atoms with E-state index in [0.29, 0.717) is 17.5 Å². The Hall–Kier alpha value is -8.41. The minimum atomic E-state index is 0.595. The van der Waals surface area contributed by atoms with Crippen LogP contribution in [0.5, 0.6) is 0 Å². The fourth-order valence-electron chi connectivity index (χ4n) is 9.33. The van der Waals surface area contributed by atoms with Gasteiger partial charge >= 0.3 is 0 Å². The Kier molecular flexibility index (Phi) is 7.54. The van der Waals surface area contributed by atoms with Crippen LogP contribution in [0.25, 0.3) is 127 Å². The first-order valence-electron chi connectivity index (χ1n) is 20.9. The van der Waals surface area contributed by atoms with E-state index in [9.17, 15) is 0 Å². The van der Waals surface area contributed by atoms with Crippen molar-refractivity contribution in [1.82, 2.24) is 19.5 Å². The van der Waals surface area contributed by atoms with Crippen molar-refractivity contribution >= 4 is 76.1 Å². The van der Waals surface area contributed by atoms with E-state index >= 15 is 0 Å². The topological polar surface area (TPSA) is 56.7 Å². The van der Waals surface area contributed by atoms with Gasteiger partial charge in [0.2, 0.25) is 0 Å². The summed E-state index contributed by atoms with van der Waals surface area (Å²) in [5.74, 6) is 1.83. The average Bonchev–Trinajstić information content (AvgIpc) is 3.87. The second-order valence-corrected chi connectivity index (χ2v) is 16.0. The molecule has 62 heavy (non-hydrogen) atoms. The van der Waals surface area contributed by atoms with Gasteiger partial charge in [-0.2, -0.15) is 0 Å². The molecule has 0 bridgehead atoms. The second kappa shape index (κ2) is 13.6. The van der Waals surface area contributed by atoms with Crippen molar-refractivity contribution in [2.45, 2.75) is 0 Å². The van der Waals surface area contributed by atoms with Crippen molar-refractivity contribution in [3.05, 3.63) is 206 Å². The fraction of sp³-hybridized carbons (Fsp3) is 0. The molecule has 10 aromatic carbocycles. The minimum Gasteiger partial charge on any atom is -0.456 e. The van der Waals surface area contributed by atoms with Crippen molar-refractivity contribution in [2.24, 2.45) is 0 Å². The van der Waals surface area contributed by atoms with E-state index in [4.69, 9.17) is 19.4 Å². The summed E-state index contributed by atoms with van der Waals surface area (Å²) >= 11 is 0. The quantitative estimate of drug-likeness (QED) is 0.174. The van der Waals surface area contributed by atoms with Crippen LogP contribution in [0.15, 0.2) is 211 Å². The molecule has 0 spiro atoms. The smallest absolute Gasteiger partial charge is 0.164 e. The van der Waals surface area contributed by atoms with Gasteiger partial charge < -0.3 is 8.98 Å². The molecule has 0 saturated heterocycles. The Morgan fingerprint density at radius 1 is 0.306 bits per heavy atom. The number of benzene rings is 10. The Morgan fingerprint density at radius 2 is 0.806 bits per heavy atom. The molecule has 3 aromatic heterocycles. The largest absolute Gasteiger partial charge is 0.456 e. The lowest BCUT2D eigenvalue weighted by atomic mass is 9.98. The summed E-state index contributed by atoms with van der Waals surface area (Å²) in [6.07, 6.45) is 0. The summed E-state index contributed by atoms with van der Waals surface area (Å²) < 4.78 is 8.91. The Balaban J connectivity index is 1.07. The number of hydrogen-bond donors (Lipinski definition) is 0. The lowest BCUT2D eigenvalue weighted by Crippen LogP contribution is -2.02. The maximum absolute atomic E-state index is 6.50. The first-order chi connectivity index (χ1) is 30.7. The highest BCUT2D eigenvalue weighted by atomic mass is 16.3. The van der Waals surface area contributed by atoms with Crippen LogP contribution in [-0.2, 0) is 0 Å². The van der Waals surface area contributed by atoms with Crippen molar-refractivity contribution in [1.29, 1.82) is 0 Å². The van der Waals surface area contributed by atoms with Crippen LogP contribution in [-0.4, -0.2) is 19.5 Å². The van der Waals surface area contributed by atoms with Gasteiger partial charge in [-0.3, -0.25) is 0 Å². The highest BCUT2D eigenvalue weighted by Gasteiger charge is 2.20. The molecule has 0 saturated carbocycles. The molecule has 0 fully saturated rings. The van der Waals surface area contributed by atoms with E-state index < -0.39 is 0 Å². The van der Waals surface area contributed by atoms with Crippen molar-refractivity contribution in [3.8, 4) is 51.0 Å². The zero-order valence-corrected chi connectivity index (χ0v) is 33.3. The number of furan rings is 1. The van der Waals surface area contributed by atoms with Crippen LogP contribution in [0, 0.1) is 0 Å². The number of rotatable bonds is 5. The normalized spacial score (nSPS) is 11.9. The average molecular weight is 791 g/mol. The maximum Gasteiger partial charge on any atom is 0.164 e. The molecule has 0 aliphatic heterocycles. The van der Waals surface area contributed by atoms with Gasteiger partial charge in [0, 0.05) is 43.8 Å². The van der Waals surface area contributed by atoms with Crippen molar-refractivity contribution < 1.29 is 4.42 Å². The lowest BCUT2D eigenvalue weighted by Gasteiger charge is -2.16. The molecule has 13 aromatic rings. The Bertz CT molecular complexity index is 3850. The van der Waals surface area contributed by atoms with Crippen LogP contribution < -0.4 is 0 Å². The lowest BCUT2D eigenvalue weighted by molar-refractivity contribution is 0.669. The standard InChI is InChI=1S/C57H34N4O/c1-3-13-37-29-42(23-21-35(37)11-1)55-58-56(43-24-22-36-12-2-4-14-38(36)30-43)60-57(59-55)44-26-28-51(48(32-44)41-25-27-47-46-18-8-10-20-53(46)62-54(47)34-41)61-50-19-9-7-17-45(50)49-31-39-15-5-6-16-40(39)33-52(49)61/h1-34H. The second-order valence-electron chi connectivity index (χ2n) is 16.0. The first-order valence-corrected chi connectivity index (χ1v) is 20.9. The molecule has 13 rings (SSSR count). The van der Waals surface area contributed by atoms with Crippen LogP contribution in [0.3, 0.4) is 0 Å². The van der Waals surface area contributed by atoms with Crippen LogP contribution in [0.1, 0.15) is 0 Å². The van der Waals surface area contributed by atoms with Gasteiger partial charge in [0.15, 0.2) is 17.5 Å². The monoisotopic (exact) mass is 790 g/mol. The Morgan fingerprint density at radius 3 is 1.48 bits per heavy atom. The summed E-state index contributed by atoms with van der Waals surface area (Å²) in [6.45, 7) is 0. The molecule has 5 heteroatoms. The van der Waals surface area contributed by atoms with Gasteiger partial charge in [0.1, 0.15) is 11.2 Å². The molecule has 0 radical (unpaired) electrons. The molecule has 3 heterocycles. The van der Waals surface area contributed by atoms with E-state index in [2.05, 4.69) is 199 Å². The highest BCUT2D eigenvalue weighted by molar-refractivity contribution is 6.14. The molecule has 0 N–H and O–H groups in total. The number of aromatic nitrogens is 4. The number of fused-ring (bicyclic) bond motifs is 9. The number of hydrogen-bond acceptors (Lipinski definition) is 4. The van der Waals surface area contributed by atoms with Gasteiger partial charge in [-0.05, 0) is 105 Å². The third kappa shape index (κ3) is 5.52. The summed E-state index contributed by atoms with van der Waals surface area (Å²) in [4.78, 5) is 15.7. The van der Waals surface area contributed by atoms with Crippen molar-refractivity contribution in [3.63, 3.8) is 0 Å². The fourth-order valence-corrected chi connectivity index (χ4v) is 9.33. The minimum absolute atomic E-state index is 0.595. The molecule has 0 amide bonds.